The van der Waals surface area contributed by atoms with Crippen molar-refractivity contribution in [3.8, 4) is 0 Å². The third kappa shape index (κ3) is 4.85. The number of thioether (sulfide) groups is 1. The van der Waals surface area contributed by atoms with E-state index in [4.69, 9.17) is 13.3 Å². The van der Waals surface area contributed by atoms with Crippen LogP contribution in [0.2, 0.25) is 6.04 Å². The topological polar surface area (TPSA) is 65.1 Å². The Labute approximate surface area is 125 Å². The summed E-state index contributed by atoms with van der Waals surface area (Å²) in [5, 5.41) is 0.156. The largest absolute Gasteiger partial charge is 0.500 e. The molecule has 0 spiro atoms. The van der Waals surface area contributed by atoms with E-state index in [1.807, 2.05) is 0 Å². The second-order valence-electron chi connectivity index (χ2n) is 4.67. The predicted molar refractivity (Wildman–Crippen MR) is 79.5 cm³/mol. The summed E-state index contributed by atoms with van der Waals surface area (Å²) in [5.74, 6) is 0.114. The molecule has 1 saturated heterocycles. The van der Waals surface area contributed by atoms with Crippen molar-refractivity contribution in [1.29, 1.82) is 0 Å². The standard InChI is InChI=1S/C12H23NO5SSi/c1-10(14)19-11-8-12(15)13(9-11)6-5-7-20(16-2,17-3)18-4/h11H,5-9H2,1-4H3. The molecule has 8 heteroatoms. The number of amides is 1. The monoisotopic (exact) mass is 321 g/mol. The third-order valence-corrected chi connectivity index (χ3v) is 7.17. The third-order valence-electron chi connectivity index (χ3n) is 3.36. The van der Waals surface area contributed by atoms with E-state index in [0.29, 0.717) is 25.6 Å². The number of hydrogen-bond donors (Lipinski definition) is 0. The normalized spacial score (nSPS) is 19.7. The van der Waals surface area contributed by atoms with E-state index in [2.05, 4.69) is 0 Å². The van der Waals surface area contributed by atoms with Gasteiger partial charge in [0.1, 0.15) is 0 Å². The lowest BCUT2D eigenvalue weighted by Crippen LogP contribution is -2.43. The fraction of sp³-hybridized carbons (Fsp3) is 0.833. The van der Waals surface area contributed by atoms with Crippen molar-refractivity contribution in [2.24, 2.45) is 0 Å². The van der Waals surface area contributed by atoms with Gasteiger partial charge in [-0.3, -0.25) is 9.59 Å². The Balaban J connectivity index is 2.39. The zero-order chi connectivity index (χ0) is 15.2. The van der Waals surface area contributed by atoms with E-state index >= 15 is 0 Å². The van der Waals surface area contributed by atoms with Gasteiger partial charge >= 0.3 is 8.80 Å². The number of hydrogen-bond acceptors (Lipinski definition) is 6. The lowest BCUT2D eigenvalue weighted by atomic mass is 10.4. The summed E-state index contributed by atoms with van der Waals surface area (Å²) in [4.78, 5) is 24.7. The van der Waals surface area contributed by atoms with Gasteiger partial charge in [-0.2, -0.15) is 0 Å². The van der Waals surface area contributed by atoms with Crippen molar-refractivity contribution in [3.05, 3.63) is 0 Å². The molecule has 1 unspecified atom stereocenters. The minimum atomic E-state index is -2.55. The SMILES string of the molecule is CO[Si](CCCN1CC(SC(C)=O)CC1=O)(OC)OC. The Kier molecular flexibility index (Phi) is 7.17. The maximum absolute atomic E-state index is 11.8. The Morgan fingerprint density at radius 1 is 1.35 bits per heavy atom. The molecule has 0 aromatic carbocycles. The smallest absolute Gasteiger partial charge is 0.377 e. The van der Waals surface area contributed by atoms with Gasteiger partial charge in [0.25, 0.3) is 0 Å². The van der Waals surface area contributed by atoms with Gasteiger partial charge in [-0.15, -0.1) is 0 Å². The Morgan fingerprint density at radius 3 is 2.45 bits per heavy atom. The van der Waals surface area contributed by atoms with Crippen LogP contribution in [0, 0.1) is 0 Å². The fourth-order valence-electron chi connectivity index (χ4n) is 2.31. The zero-order valence-corrected chi connectivity index (χ0v) is 14.3. The Bertz CT molecular complexity index is 342. The molecule has 1 aliphatic heterocycles. The van der Waals surface area contributed by atoms with Crippen molar-refractivity contribution in [3.63, 3.8) is 0 Å². The minimum Gasteiger partial charge on any atom is -0.377 e. The number of carbonyl (C=O) groups excluding carboxylic acids is 2. The average Bonchev–Trinajstić information content (AvgIpc) is 2.75. The first-order valence-electron chi connectivity index (χ1n) is 6.56. The second kappa shape index (κ2) is 8.13. The molecule has 1 fully saturated rings. The molecule has 116 valence electrons. The van der Waals surface area contributed by atoms with Gasteiger partial charge in [0.2, 0.25) is 5.91 Å². The summed E-state index contributed by atoms with van der Waals surface area (Å²) in [5.41, 5.74) is 0. The summed E-state index contributed by atoms with van der Waals surface area (Å²) < 4.78 is 16.0. The number of rotatable bonds is 8. The molecule has 0 aromatic heterocycles. The first kappa shape index (κ1) is 17.6. The molecule has 0 aromatic rings. The molecule has 0 saturated carbocycles. The van der Waals surface area contributed by atoms with Crippen LogP contribution in [0.5, 0.6) is 0 Å². The minimum absolute atomic E-state index is 0.0641. The van der Waals surface area contributed by atoms with Gasteiger partial charge in [0.15, 0.2) is 5.12 Å². The fourth-order valence-corrected chi connectivity index (χ4v) is 4.96. The highest BCUT2D eigenvalue weighted by molar-refractivity contribution is 8.14. The average molecular weight is 321 g/mol. The van der Waals surface area contributed by atoms with E-state index < -0.39 is 8.80 Å². The van der Waals surface area contributed by atoms with Crippen LogP contribution in [0.3, 0.4) is 0 Å². The molecule has 0 radical (unpaired) electrons. The maximum Gasteiger partial charge on any atom is 0.500 e. The van der Waals surface area contributed by atoms with Crippen LogP contribution in [0.4, 0.5) is 0 Å². The zero-order valence-electron chi connectivity index (χ0n) is 12.5. The summed E-state index contributed by atoms with van der Waals surface area (Å²) in [7, 11) is 2.20. The van der Waals surface area contributed by atoms with Gasteiger partial charge in [-0.1, -0.05) is 11.8 Å². The van der Waals surface area contributed by atoms with Crippen molar-refractivity contribution < 1.29 is 22.9 Å². The number of carbonyl (C=O) groups is 2. The lowest BCUT2D eigenvalue weighted by Gasteiger charge is -2.25. The van der Waals surface area contributed by atoms with Gasteiger partial charge in [-0.05, 0) is 6.42 Å². The molecule has 0 aliphatic carbocycles. The quantitative estimate of drug-likeness (QED) is 0.625. The van der Waals surface area contributed by atoms with Crippen LogP contribution < -0.4 is 0 Å². The Morgan fingerprint density at radius 2 is 1.95 bits per heavy atom. The molecule has 0 N–H and O–H groups in total. The van der Waals surface area contributed by atoms with Crippen LogP contribution in [0.25, 0.3) is 0 Å². The highest BCUT2D eigenvalue weighted by Crippen LogP contribution is 2.25. The first-order valence-corrected chi connectivity index (χ1v) is 9.38. The van der Waals surface area contributed by atoms with E-state index in [1.54, 1.807) is 26.2 Å². The van der Waals surface area contributed by atoms with E-state index in [-0.39, 0.29) is 16.3 Å². The molecular weight excluding hydrogens is 298 g/mol. The van der Waals surface area contributed by atoms with Crippen LogP contribution >= 0.6 is 11.8 Å². The molecular formula is C12H23NO5SSi. The molecule has 1 aliphatic rings. The molecule has 1 rings (SSSR count). The second-order valence-corrected chi connectivity index (χ2v) is 9.24. The van der Waals surface area contributed by atoms with Crippen LogP contribution in [0.1, 0.15) is 19.8 Å². The molecule has 1 atom stereocenters. The number of nitrogens with zero attached hydrogens (tertiary/aromatic N) is 1. The molecule has 20 heavy (non-hydrogen) atoms. The van der Waals surface area contributed by atoms with Gasteiger partial charge in [0, 0.05) is 59.1 Å². The summed E-state index contributed by atoms with van der Waals surface area (Å²) in [6, 6.07) is 0.671. The number of likely N-dealkylation sites (tertiary alicyclic amines) is 1. The van der Waals surface area contributed by atoms with Crippen LogP contribution in [-0.2, 0) is 22.9 Å². The van der Waals surface area contributed by atoms with E-state index in [1.165, 1.54) is 18.7 Å². The van der Waals surface area contributed by atoms with Crippen molar-refractivity contribution in [2.45, 2.75) is 31.1 Å². The first-order chi connectivity index (χ1) is 9.46. The molecule has 1 amide bonds. The van der Waals surface area contributed by atoms with Crippen LogP contribution in [0.15, 0.2) is 0 Å². The maximum atomic E-state index is 11.8. The highest BCUT2D eigenvalue weighted by atomic mass is 32.2. The highest BCUT2D eigenvalue weighted by Gasteiger charge is 2.38. The summed E-state index contributed by atoms with van der Waals surface area (Å²) in [6.45, 7) is 2.83. The van der Waals surface area contributed by atoms with Crippen molar-refractivity contribution in [1.82, 2.24) is 4.90 Å². The summed E-state index contributed by atoms with van der Waals surface area (Å²) in [6.07, 6.45) is 1.22. The predicted octanol–water partition coefficient (Wildman–Crippen LogP) is 1.14. The van der Waals surface area contributed by atoms with E-state index in [0.717, 1.165) is 6.42 Å². The van der Waals surface area contributed by atoms with E-state index in [9.17, 15) is 9.59 Å². The molecule has 6 nitrogen and oxygen atoms in total. The lowest BCUT2D eigenvalue weighted by molar-refractivity contribution is -0.127. The van der Waals surface area contributed by atoms with Crippen molar-refractivity contribution >= 4 is 31.6 Å². The van der Waals surface area contributed by atoms with Gasteiger partial charge < -0.3 is 18.2 Å². The molecule has 0 bridgehead atoms. The van der Waals surface area contributed by atoms with Crippen LogP contribution in [-0.4, -0.2) is 64.4 Å². The summed E-state index contributed by atoms with van der Waals surface area (Å²) >= 11 is 1.26. The van der Waals surface area contributed by atoms with Gasteiger partial charge in [-0.25, -0.2) is 0 Å². The molecule has 1 heterocycles. The van der Waals surface area contributed by atoms with Gasteiger partial charge in [0.05, 0.1) is 0 Å². The van der Waals surface area contributed by atoms with Crippen molar-refractivity contribution in [2.75, 3.05) is 34.4 Å². The Hall–Kier alpha value is -0.413.